The standard InChI is InChI=1S/C55H40N2/c1-55(2)50-28-10-9-25-48(50)49-27-14-26-47(53(49)55)44-22-11-19-41(33-44)39-29-31-40(32-30-39)54-56-51(45-23-12-20-42(34-45)37-15-5-3-6-16-37)36-52(57-54)46-24-13-21-43(35-46)38-17-7-4-8-18-38/h3-36H,1-2H3. The number of aromatic nitrogens is 2. The van der Waals surface area contributed by atoms with Crippen LogP contribution >= 0.6 is 0 Å². The summed E-state index contributed by atoms with van der Waals surface area (Å²) in [6, 6.07) is 73.7. The lowest BCUT2D eigenvalue weighted by Gasteiger charge is -2.24. The normalized spacial score (nSPS) is 12.5. The molecule has 0 unspecified atom stereocenters. The van der Waals surface area contributed by atoms with Crippen LogP contribution in [0.3, 0.4) is 0 Å². The number of hydrogen-bond acceptors (Lipinski definition) is 2. The summed E-state index contributed by atoms with van der Waals surface area (Å²) < 4.78 is 0. The molecule has 10 rings (SSSR count). The van der Waals surface area contributed by atoms with Gasteiger partial charge in [-0.3, -0.25) is 0 Å². The smallest absolute Gasteiger partial charge is 0.160 e. The molecule has 9 aromatic rings. The number of hydrogen-bond donors (Lipinski definition) is 0. The van der Waals surface area contributed by atoms with Crippen molar-refractivity contribution in [3.63, 3.8) is 0 Å². The molecule has 0 N–H and O–H groups in total. The summed E-state index contributed by atoms with van der Waals surface area (Å²) in [5.41, 5.74) is 19.7. The van der Waals surface area contributed by atoms with E-state index in [1.807, 2.05) is 0 Å². The molecule has 0 aliphatic heterocycles. The van der Waals surface area contributed by atoms with Gasteiger partial charge in [0.05, 0.1) is 11.4 Å². The van der Waals surface area contributed by atoms with Crippen LogP contribution in [0.4, 0.5) is 0 Å². The average molecular weight is 729 g/mol. The average Bonchev–Trinajstić information content (AvgIpc) is 3.53. The summed E-state index contributed by atoms with van der Waals surface area (Å²) in [6.07, 6.45) is 0. The van der Waals surface area contributed by atoms with Gasteiger partial charge in [0.2, 0.25) is 0 Å². The van der Waals surface area contributed by atoms with Crippen LogP contribution in [0.25, 0.3) is 89.5 Å². The zero-order valence-corrected chi connectivity index (χ0v) is 32.0. The number of benzene rings is 8. The van der Waals surface area contributed by atoms with Crippen LogP contribution < -0.4 is 0 Å². The first kappa shape index (κ1) is 34.3. The Hall–Kier alpha value is -7.16. The van der Waals surface area contributed by atoms with Gasteiger partial charge in [0.15, 0.2) is 5.82 Å². The minimum absolute atomic E-state index is 0.0840. The molecule has 0 fully saturated rings. The van der Waals surface area contributed by atoms with E-state index in [2.05, 4.69) is 220 Å². The topological polar surface area (TPSA) is 25.8 Å². The molecule has 0 saturated carbocycles. The molecule has 57 heavy (non-hydrogen) atoms. The van der Waals surface area contributed by atoms with Crippen LogP contribution in [0.5, 0.6) is 0 Å². The van der Waals surface area contributed by atoms with Crippen molar-refractivity contribution >= 4 is 0 Å². The molecule has 2 heteroatoms. The quantitative estimate of drug-likeness (QED) is 0.163. The van der Waals surface area contributed by atoms with Crippen molar-refractivity contribution in [2.24, 2.45) is 0 Å². The molecule has 1 heterocycles. The first-order valence-corrected chi connectivity index (χ1v) is 19.6. The molecular formula is C55H40N2. The Balaban J connectivity index is 1.03. The molecule has 270 valence electrons. The van der Waals surface area contributed by atoms with Gasteiger partial charge in [0.1, 0.15) is 0 Å². The molecule has 2 nitrogen and oxygen atoms in total. The van der Waals surface area contributed by atoms with E-state index in [-0.39, 0.29) is 5.41 Å². The largest absolute Gasteiger partial charge is 0.228 e. The van der Waals surface area contributed by atoms with Gasteiger partial charge < -0.3 is 0 Å². The first-order chi connectivity index (χ1) is 28.0. The van der Waals surface area contributed by atoms with E-state index in [1.165, 1.54) is 50.1 Å². The van der Waals surface area contributed by atoms with E-state index < -0.39 is 0 Å². The number of fused-ring (bicyclic) bond motifs is 3. The van der Waals surface area contributed by atoms with Gasteiger partial charge in [-0.05, 0) is 91.0 Å². The Morgan fingerprint density at radius 1 is 0.298 bits per heavy atom. The minimum Gasteiger partial charge on any atom is -0.228 e. The van der Waals surface area contributed by atoms with Crippen molar-refractivity contribution < 1.29 is 0 Å². The van der Waals surface area contributed by atoms with Gasteiger partial charge in [0, 0.05) is 22.1 Å². The fourth-order valence-electron chi connectivity index (χ4n) is 8.62. The highest BCUT2D eigenvalue weighted by Crippen LogP contribution is 2.52. The second kappa shape index (κ2) is 14.2. The molecule has 1 aromatic heterocycles. The monoisotopic (exact) mass is 728 g/mol. The number of rotatable bonds is 7. The molecule has 0 atom stereocenters. The lowest BCUT2D eigenvalue weighted by molar-refractivity contribution is 0.662. The van der Waals surface area contributed by atoms with Gasteiger partial charge in [-0.1, -0.05) is 196 Å². The summed E-state index contributed by atoms with van der Waals surface area (Å²) in [5, 5.41) is 0. The van der Waals surface area contributed by atoms with E-state index >= 15 is 0 Å². The van der Waals surface area contributed by atoms with Crippen LogP contribution in [-0.4, -0.2) is 9.97 Å². The van der Waals surface area contributed by atoms with Crippen LogP contribution in [0.15, 0.2) is 206 Å². The van der Waals surface area contributed by atoms with Gasteiger partial charge in [-0.2, -0.15) is 0 Å². The highest BCUT2D eigenvalue weighted by atomic mass is 14.9. The van der Waals surface area contributed by atoms with Crippen molar-refractivity contribution in [2.75, 3.05) is 0 Å². The van der Waals surface area contributed by atoms with E-state index in [9.17, 15) is 0 Å². The van der Waals surface area contributed by atoms with E-state index in [4.69, 9.17) is 9.97 Å². The van der Waals surface area contributed by atoms with Crippen molar-refractivity contribution in [3.05, 3.63) is 217 Å². The molecule has 0 saturated heterocycles. The molecular weight excluding hydrogens is 689 g/mol. The summed E-state index contributed by atoms with van der Waals surface area (Å²) in [6.45, 7) is 4.71. The zero-order chi connectivity index (χ0) is 38.3. The molecule has 0 amide bonds. The van der Waals surface area contributed by atoms with E-state index in [0.29, 0.717) is 5.82 Å². The fraction of sp³-hybridized carbons (Fsp3) is 0.0545. The predicted molar refractivity (Wildman–Crippen MR) is 238 cm³/mol. The zero-order valence-electron chi connectivity index (χ0n) is 32.0. The molecule has 1 aliphatic rings. The minimum atomic E-state index is -0.0840. The van der Waals surface area contributed by atoms with Crippen molar-refractivity contribution in [2.45, 2.75) is 19.3 Å². The van der Waals surface area contributed by atoms with Crippen molar-refractivity contribution in [1.29, 1.82) is 0 Å². The summed E-state index contributed by atoms with van der Waals surface area (Å²) >= 11 is 0. The van der Waals surface area contributed by atoms with Crippen LogP contribution in [0.1, 0.15) is 25.0 Å². The molecule has 0 bridgehead atoms. The van der Waals surface area contributed by atoms with Crippen LogP contribution in [0.2, 0.25) is 0 Å². The summed E-state index contributed by atoms with van der Waals surface area (Å²) in [7, 11) is 0. The maximum atomic E-state index is 5.22. The number of nitrogens with zero attached hydrogens (tertiary/aromatic N) is 2. The second-order valence-electron chi connectivity index (χ2n) is 15.4. The van der Waals surface area contributed by atoms with Crippen LogP contribution in [-0.2, 0) is 5.41 Å². The van der Waals surface area contributed by atoms with E-state index in [1.54, 1.807) is 0 Å². The molecule has 0 spiro atoms. The van der Waals surface area contributed by atoms with Gasteiger partial charge in [0.25, 0.3) is 0 Å². The molecule has 1 aliphatic carbocycles. The highest BCUT2D eigenvalue weighted by Gasteiger charge is 2.37. The Morgan fingerprint density at radius 2 is 0.702 bits per heavy atom. The van der Waals surface area contributed by atoms with Crippen LogP contribution in [0, 0.1) is 0 Å². The summed E-state index contributed by atoms with van der Waals surface area (Å²) in [5.74, 6) is 0.694. The second-order valence-corrected chi connectivity index (χ2v) is 15.4. The van der Waals surface area contributed by atoms with Crippen molar-refractivity contribution in [1.82, 2.24) is 9.97 Å². The van der Waals surface area contributed by atoms with Gasteiger partial charge >= 0.3 is 0 Å². The van der Waals surface area contributed by atoms with Gasteiger partial charge in [-0.15, -0.1) is 0 Å². The molecule has 8 aromatic carbocycles. The first-order valence-electron chi connectivity index (χ1n) is 19.6. The Kier molecular flexibility index (Phi) is 8.53. The maximum absolute atomic E-state index is 5.22. The van der Waals surface area contributed by atoms with E-state index in [0.717, 1.165) is 44.8 Å². The summed E-state index contributed by atoms with van der Waals surface area (Å²) in [4.78, 5) is 10.4. The maximum Gasteiger partial charge on any atom is 0.160 e. The lowest BCUT2D eigenvalue weighted by Crippen LogP contribution is -2.16. The van der Waals surface area contributed by atoms with Gasteiger partial charge in [-0.25, -0.2) is 9.97 Å². The Labute approximate surface area is 334 Å². The fourth-order valence-corrected chi connectivity index (χ4v) is 8.62. The SMILES string of the molecule is CC1(C)c2ccccc2-c2cccc(-c3cccc(-c4ccc(-c5nc(-c6cccc(-c7ccccc7)c6)cc(-c6cccc(-c7ccccc7)c6)n5)cc4)c3)c21. The third-order valence-electron chi connectivity index (χ3n) is 11.5. The highest BCUT2D eigenvalue weighted by molar-refractivity contribution is 5.89. The Bertz CT molecular complexity index is 2810. The predicted octanol–water partition coefficient (Wildman–Crippen LogP) is 14.5. The molecule has 0 radical (unpaired) electrons. The Morgan fingerprint density at radius 3 is 1.30 bits per heavy atom. The third kappa shape index (κ3) is 6.36. The lowest BCUT2D eigenvalue weighted by atomic mass is 9.78. The van der Waals surface area contributed by atoms with Crippen molar-refractivity contribution in [3.8, 4) is 89.5 Å². The third-order valence-corrected chi connectivity index (χ3v) is 11.5.